The van der Waals surface area contributed by atoms with Gasteiger partial charge in [-0.3, -0.25) is 9.59 Å². The van der Waals surface area contributed by atoms with Crippen LogP contribution in [0.4, 0.5) is 0 Å². The van der Waals surface area contributed by atoms with Gasteiger partial charge in [0.15, 0.2) is 5.78 Å². The highest BCUT2D eigenvalue weighted by Gasteiger charge is 2.50. The molecule has 3 rings (SSSR count). The third kappa shape index (κ3) is 3.28. The molecule has 0 aromatic heterocycles. The highest BCUT2D eigenvalue weighted by Crippen LogP contribution is 2.41. The number of hydrogen-bond donors (Lipinski definition) is 0. The van der Waals surface area contributed by atoms with Crippen molar-refractivity contribution in [3.63, 3.8) is 0 Å². The average Bonchev–Trinajstić information content (AvgIpc) is 2.65. The molecule has 0 spiro atoms. The van der Waals surface area contributed by atoms with Crippen LogP contribution in [0, 0.1) is 5.41 Å². The molecule has 0 heterocycles. The lowest BCUT2D eigenvalue weighted by atomic mass is 9.67. The van der Waals surface area contributed by atoms with E-state index in [4.69, 9.17) is 9.47 Å². The molecule has 26 heavy (non-hydrogen) atoms. The number of aryl methyl sites for hydroxylation is 1. The Labute approximate surface area is 161 Å². The Morgan fingerprint density at radius 1 is 1.23 bits per heavy atom. The summed E-state index contributed by atoms with van der Waals surface area (Å²) in [6, 6.07) is 13.1. The SMILES string of the molecule is CCOC(=O)C1(Cc2ccccc2Br)CCc2cc(OC)ccc2C1=O. The summed E-state index contributed by atoms with van der Waals surface area (Å²) in [5.74, 6) is 0.101. The van der Waals surface area contributed by atoms with Gasteiger partial charge in [0.2, 0.25) is 0 Å². The standard InChI is InChI=1S/C21H21BrO4/c1-3-26-20(24)21(13-15-6-4-5-7-18(15)22)11-10-14-12-16(25-2)8-9-17(14)19(21)23/h4-9,12H,3,10-11,13H2,1-2H3. The summed E-state index contributed by atoms with van der Waals surface area (Å²) in [5.41, 5.74) is 1.23. The molecule has 0 saturated carbocycles. The van der Waals surface area contributed by atoms with Gasteiger partial charge >= 0.3 is 5.97 Å². The van der Waals surface area contributed by atoms with E-state index in [2.05, 4.69) is 15.9 Å². The lowest BCUT2D eigenvalue weighted by molar-refractivity contribution is -0.152. The highest BCUT2D eigenvalue weighted by atomic mass is 79.9. The first-order chi connectivity index (χ1) is 12.5. The molecule has 0 radical (unpaired) electrons. The monoisotopic (exact) mass is 416 g/mol. The fourth-order valence-corrected chi connectivity index (χ4v) is 3.94. The maximum Gasteiger partial charge on any atom is 0.320 e. The van der Waals surface area contributed by atoms with Crippen LogP contribution in [0.5, 0.6) is 5.75 Å². The van der Waals surface area contributed by atoms with E-state index in [1.807, 2.05) is 30.3 Å². The summed E-state index contributed by atoms with van der Waals surface area (Å²) in [6.45, 7) is 2.01. The third-order valence-electron chi connectivity index (χ3n) is 4.93. The minimum atomic E-state index is -1.19. The van der Waals surface area contributed by atoms with Gasteiger partial charge in [0.1, 0.15) is 11.2 Å². The molecule has 0 saturated heterocycles. The average molecular weight is 417 g/mol. The van der Waals surface area contributed by atoms with Crippen molar-refractivity contribution >= 4 is 27.7 Å². The highest BCUT2D eigenvalue weighted by molar-refractivity contribution is 9.10. The lowest BCUT2D eigenvalue weighted by Crippen LogP contribution is -2.46. The van der Waals surface area contributed by atoms with Crippen molar-refractivity contribution in [1.29, 1.82) is 0 Å². The van der Waals surface area contributed by atoms with Gasteiger partial charge < -0.3 is 9.47 Å². The number of ketones is 1. The van der Waals surface area contributed by atoms with Gasteiger partial charge in [-0.25, -0.2) is 0 Å². The molecule has 1 unspecified atom stereocenters. The van der Waals surface area contributed by atoms with Crippen LogP contribution in [0.2, 0.25) is 0 Å². The number of carbonyl (C=O) groups excluding carboxylic acids is 2. The van der Waals surface area contributed by atoms with Gasteiger partial charge in [0.25, 0.3) is 0 Å². The van der Waals surface area contributed by atoms with Gasteiger partial charge in [0.05, 0.1) is 13.7 Å². The summed E-state index contributed by atoms with van der Waals surface area (Å²) in [6.07, 6.45) is 1.37. The largest absolute Gasteiger partial charge is 0.497 e. The first-order valence-electron chi connectivity index (χ1n) is 8.64. The van der Waals surface area contributed by atoms with E-state index in [0.717, 1.165) is 15.6 Å². The van der Waals surface area contributed by atoms with Gasteiger partial charge in [-0.05, 0) is 61.6 Å². The third-order valence-corrected chi connectivity index (χ3v) is 5.70. The molecule has 4 nitrogen and oxygen atoms in total. The van der Waals surface area contributed by atoms with Crippen molar-refractivity contribution in [1.82, 2.24) is 0 Å². The van der Waals surface area contributed by atoms with E-state index in [0.29, 0.717) is 30.6 Å². The van der Waals surface area contributed by atoms with E-state index in [1.165, 1.54) is 0 Å². The minimum Gasteiger partial charge on any atom is -0.497 e. The topological polar surface area (TPSA) is 52.6 Å². The van der Waals surface area contributed by atoms with E-state index in [9.17, 15) is 9.59 Å². The van der Waals surface area contributed by atoms with Crippen LogP contribution in [0.15, 0.2) is 46.9 Å². The zero-order chi connectivity index (χ0) is 18.7. The van der Waals surface area contributed by atoms with Crippen LogP contribution in [0.1, 0.15) is 34.8 Å². The molecule has 1 aliphatic carbocycles. The minimum absolute atomic E-state index is 0.171. The second-order valence-electron chi connectivity index (χ2n) is 6.42. The zero-order valence-electron chi connectivity index (χ0n) is 14.9. The summed E-state index contributed by atoms with van der Waals surface area (Å²) in [4.78, 5) is 26.3. The number of esters is 1. The lowest BCUT2D eigenvalue weighted by Gasteiger charge is -2.35. The van der Waals surface area contributed by atoms with Crippen LogP contribution >= 0.6 is 15.9 Å². The van der Waals surface area contributed by atoms with Crippen LogP contribution in [0.25, 0.3) is 0 Å². The van der Waals surface area contributed by atoms with Crippen molar-refractivity contribution in [2.45, 2.75) is 26.2 Å². The molecule has 0 N–H and O–H groups in total. The Balaban J connectivity index is 2.05. The summed E-state index contributed by atoms with van der Waals surface area (Å²) in [5, 5.41) is 0. The molecule has 1 aliphatic rings. The number of Topliss-reactive ketones (excluding diaryl/α,β-unsaturated/α-hetero) is 1. The number of benzene rings is 2. The van der Waals surface area contributed by atoms with Crippen molar-refractivity contribution in [2.75, 3.05) is 13.7 Å². The predicted molar refractivity (Wildman–Crippen MR) is 103 cm³/mol. The van der Waals surface area contributed by atoms with Crippen LogP contribution in [-0.4, -0.2) is 25.5 Å². The zero-order valence-corrected chi connectivity index (χ0v) is 16.5. The second-order valence-corrected chi connectivity index (χ2v) is 7.28. The van der Waals surface area contributed by atoms with Crippen molar-refractivity contribution in [3.8, 4) is 5.75 Å². The van der Waals surface area contributed by atoms with Crippen LogP contribution in [-0.2, 0) is 22.4 Å². The smallest absolute Gasteiger partial charge is 0.320 e. The fraction of sp³-hybridized carbons (Fsp3) is 0.333. The Hall–Kier alpha value is -2.14. The number of halogens is 1. The number of hydrogen-bond acceptors (Lipinski definition) is 4. The van der Waals surface area contributed by atoms with Crippen LogP contribution in [0.3, 0.4) is 0 Å². The Morgan fingerprint density at radius 2 is 2.00 bits per heavy atom. The molecule has 0 bridgehead atoms. The predicted octanol–water partition coefficient (Wildman–Crippen LogP) is 4.38. The van der Waals surface area contributed by atoms with Crippen molar-refractivity contribution < 1.29 is 19.1 Å². The number of rotatable bonds is 5. The number of carbonyl (C=O) groups is 2. The van der Waals surface area contributed by atoms with Gasteiger partial charge in [-0.1, -0.05) is 34.1 Å². The fourth-order valence-electron chi connectivity index (χ4n) is 3.52. The molecule has 1 atom stereocenters. The molecule has 2 aromatic rings. The molecule has 5 heteroatoms. The first-order valence-corrected chi connectivity index (χ1v) is 9.43. The number of fused-ring (bicyclic) bond motifs is 1. The normalized spacial score (nSPS) is 19.0. The number of ether oxygens (including phenoxy) is 2. The quantitative estimate of drug-likeness (QED) is 0.535. The number of methoxy groups -OCH3 is 1. The van der Waals surface area contributed by atoms with E-state index >= 15 is 0 Å². The maximum atomic E-state index is 13.4. The summed E-state index contributed by atoms with van der Waals surface area (Å²) >= 11 is 3.53. The van der Waals surface area contributed by atoms with E-state index in [1.54, 1.807) is 26.2 Å². The molecule has 0 fully saturated rings. The summed E-state index contributed by atoms with van der Waals surface area (Å²) < 4.78 is 11.5. The van der Waals surface area contributed by atoms with E-state index in [-0.39, 0.29) is 12.4 Å². The second kappa shape index (κ2) is 7.62. The molecule has 0 aliphatic heterocycles. The molecule has 2 aromatic carbocycles. The Morgan fingerprint density at radius 3 is 2.69 bits per heavy atom. The Bertz CT molecular complexity index is 846. The maximum absolute atomic E-state index is 13.4. The summed E-state index contributed by atoms with van der Waals surface area (Å²) in [7, 11) is 1.60. The molecular formula is C21H21BrO4. The molecular weight excluding hydrogens is 396 g/mol. The van der Waals surface area contributed by atoms with Gasteiger partial charge in [0, 0.05) is 10.0 Å². The molecule has 136 valence electrons. The van der Waals surface area contributed by atoms with Crippen molar-refractivity contribution in [2.24, 2.45) is 5.41 Å². The van der Waals surface area contributed by atoms with Crippen LogP contribution < -0.4 is 4.74 Å². The van der Waals surface area contributed by atoms with Gasteiger partial charge in [-0.15, -0.1) is 0 Å². The van der Waals surface area contributed by atoms with E-state index < -0.39 is 11.4 Å². The molecule has 0 amide bonds. The van der Waals surface area contributed by atoms with Gasteiger partial charge in [-0.2, -0.15) is 0 Å². The van der Waals surface area contributed by atoms with Crippen molar-refractivity contribution in [3.05, 3.63) is 63.6 Å². The Kier molecular flexibility index (Phi) is 5.47. The first kappa shape index (κ1) is 18.6.